The lowest BCUT2D eigenvalue weighted by atomic mass is 10.2. The molecule has 0 saturated heterocycles. The maximum absolute atomic E-state index is 10.9. The van der Waals surface area contributed by atoms with E-state index in [1.807, 2.05) is 0 Å². The predicted octanol–water partition coefficient (Wildman–Crippen LogP) is 2.32. The van der Waals surface area contributed by atoms with E-state index in [0.29, 0.717) is 22.2 Å². The summed E-state index contributed by atoms with van der Waals surface area (Å²) in [5.74, 6) is 0.801. The van der Waals surface area contributed by atoms with E-state index in [4.69, 9.17) is 21.1 Å². The summed E-state index contributed by atoms with van der Waals surface area (Å²) < 4.78 is 10.1. The highest BCUT2D eigenvalue weighted by molar-refractivity contribution is 6.32. The van der Waals surface area contributed by atoms with Crippen LogP contribution in [-0.4, -0.2) is 20.1 Å². The SMILES string of the molecule is COc1cc(NC(C)=O)c(OC)cc1Cl. The molecule has 0 heterocycles. The first kappa shape index (κ1) is 11.7. The zero-order valence-corrected chi connectivity index (χ0v) is 9.51. The summed E-state index contributed by atoms with van der Waals surface area (Å²) >= 11 is 5.90. The van der Waals surface area contributed by atoms with Gasteiger partial charge in [-0.25, -0.2) is 0 Å². The quantitative estimate of drug-likeness (QED) is 0.865. The number of methoxy groups -OCH3 is 2. The van der Waals surface area contributed by atoms with Gasteiger partial charge in [0.15, 0.2) is 0 Å². The van der Waals surface area contributed by atoms with Gasteiger partial charge in [-0.2, -0.15) is 0 Å². The van der Waals surface area contributed by atoms with Gasteiger partial charge in [0.2, 0.25) is 5.91 Å². The topological polar surface area (TPSA) is 47.6 Å². The van der Waals surface area contributed by atoms with Crippen molar-refractivity contribution >= 4 is 23.2 Å². The smallest absolute Gasteiger partial charge is 0.221 e. The number of halogens is 1. The summed E-state index contributed by atoms with van der Waals surface area (Å²) in [5, 5.41) is 3.06. The average Bonchev–Trinajstić information content (AvgIpc) is 2.19. The van der Waals surface area contributed by atoms with Gasteiger partial charge in [-0.3, -0.25) is 4.79 Å². The van der Waals surface area contributed by atoms with Gasteiger partial charge in [-0.1, -0.05) is 11.6 Å². The molecule has 0 saturated carbocycles. The summed E-state index contributed by atoms with van der Waals surface area (Å²) in [6.45, 7) is 1.42. The van der Waals surface area contributed by atoms with Gasteiger partial charge in [-0.15, -0.1) is 0 Å². The van der Waals surface area contributed by atoms with Crippen molar-refractivity contribution in [2.24, 2.45) is 0 Å². The highest BCUT2D eigenvalue weighted by atomic mass is 35.5. The van der Waals surface area contributed by atoms with Crippen LogP contribution in [0.25, 0.3) is 0 Å². The number of carbonyl (C=O) groups is 1. The molecule has 0 radical (unpaired) electrons. The fourth-order valence-corrected chi connectivity index (χ4v) is 1.38. The maximum atomic E-state index is 10.9. The molecule has 0 aliphatic rings. The van der Waals surface area contributed by atoms with Gasteiger partial charge in [0.1, 0.15) is 11.5 Å². The van der Waals surface area contributed by atoms with Crippen molar-refractivity contribution < 1.29 is 14.3 Å². The largest absolute Gasteiger partial charge is 0.495 e. The van der Waals surface area contributed by atoms with E-state index in [1.165, 1.54) is 21.1 Å². The molecule has 0 spiro atoms. The standard InChI is InChI=1S/C10H12ClNO3/c1-6(13)12-8-5-9(14-2)7(11)4-10(8)15-3/h4-5H,1-3H3,(H,12,13). The first-order chi connectivity index (χ1) is 7.08. The zero-order chi connectivity index (χ0) is 11.4. The van der Waals surface area contributed by atoms with E-state index in [1.54, 1.807) is 12.1 Å². The molecule has 1 amide bonds. The van der Waals surface area contributed by atoms with Crippen LogP contribution in [-0.2, 0) is 4.79 Å². The van der Waals surface area contributed by atoms with Gasteiger partial charge >= 0.3 is 0 Å². The Morgan fingerprint density at radius 2 is 1.87 bits per heavy atom. The van der Waals surface area contributed by atoms with E-state index in [2.05, 4.69) is 5.32 Å². The minimum Gasteiger partial charge on any atom is -0.495 e. The van der Waals surface area contributed by atoms with Gasteiger partial charge < -0.3 is 14.8 Å². The van der Waals surface area contributed by atoms with Crippen LogP contribution in [0.2, 0.25) is 5.02 Å². The number of amides is 1. The second-order valence-electron chi connectivity index (χ2n) is 2.87. The van der Waals surface area contributed by atoms with Gasteiger partial charge in [0, 0.05) is 19.1 Å². The highest BCUT2D eigenvalue weighted by Gasteiger charge is 2.10. The number of ether oxygens (including phenoxy) is 2. The highest BCUT2D eigenvalue weighted by Crippen LogP contribution is 2.35. The van der Waals surface area contributed by atoms with Crippen LogP contribution < -0.4 is 14.8 Å². The molecular weight excluding hydrogens is 218 g/mol. The molecule has 15 heavy (non-hydrogen) atoms. The Kier molecular flexibility index (Phi) is 3.80. The van der Waals surface area contributed by atoms with Gasteiger partial charge in [0.05, 0.1) is 24.9 Å². The van der Waals surface area contributed by atoms with Gasteiger partial charge in [0.25, 0.3) is 0 Å². The monoisotopic (exact) mass is 229 g/mol. The van der Waals surface area contributed by atoms with Crippen LogP contribution in [0.15, 0.2) is 12.1 Å². The van der Waals surface area contributed by atoms with E-state index in [9.17, 15) is 4.79 Å². The van der Waals surface area contributed by atoms with Crippen LogP contribution in [0.3, 0.4) is 0 Å². The Morgan fingerprint density at radius 1 is 1.27 bits per heavy atom. The number of anilines is 1. The summed E-state index contributed by atoms with van der Waals surface area (Å²) in [5.41, 5.74) is 0.534. The Labute approximate surface area is 93.1 Å². The molecule has 0 bridgehead atoms. The lowest BCUT2D eigenvalue weighted by Crippen LogP contribution is -2.07. The zero-order valence-electron chi connectivity index (χ0n) is 8.76. The van der Waals surface area contributed by atoms with Crippen LogP contribution in [0, 0.1) is 0 Å². The lowest BCUT2D eigenvalue weighted by Gasteiger charge is -2.11. The van der Waals surface area contributed by atoms with Crippen molar-refractivity contribution in [2.45, 2.75) is 6.92 Å². The summed E-state index contributed by atoms with van der Waals surface area (Å²) in [4.78, 5) is 10.9. The second-order valence-corrected chi connectivity index (χ2v) is 3.28. The number of hydrogen-bond acceptors (Lipinski definition) is 3. The summed E-state index contributed by atoms with van der Waals surface area (Å²) in [6.07, 6.45) is 0. The van der Waals surface area contributed by atoms with Crippen molar-refractivity contribution in [3.63, 3.8) is 0 Å². The van der Waals surface area contributed by atoms with Crippen LogP contribution in [0.5, 0.6) is 11.5 Å². The van der Waals surface area contributed by atoms with Crippen molar-refractivity contribution in [2.75, 3.05) is 19.5 Å². The molecular formula is C10H12ClNO3. The fourth-order valence-electron chi connectivity index (χ4n) is 1.15. The molecule has 4 nitrogen and oxygen atoms in total. The normalized spacial score (nSPS) is 9.60. The minimum absolute atomic E-state index is 0.183. The first-order valence-corrected chi connectivity index (χ1v) is 4.65. The number of benzene rings is 1. The molecule has 0 atom stereocenters. The minimum atomic E-state index is -0.183. The molecule has 0 unspecified atom stereocenters. The molecule has 1 rings (SSSR count). The fraction of sp³-hybridized carbons (Fsp3) is 0.300. The van der Waals surface area contributed by atoms with Crippen LogP contribution in [0.4, 0.5) is 5.69 Å². The van der Waals surface area contributed by atoms with Crippen molar-refractivity contribution in [3.8, 4) is 11.5 Å². The lowest BCUT2D eigenvalue weighted by molar-refractivity contribution is -0.114. The van der Waals surface area contributed by atoms with E-state index in [0.717, 1.165) is 0 Å². The Bertz CT molecular complexity index is 379. The molecule has 0 fully saturated rings. The molecule has 82 valence electrons. The maximum Gasteiger partial charge on any atom is 0.221 e. The number of hydrogen-bond donors (Lipinski definition) is 1. The molecule has 1 N–H and O–H groups in total. The van der Waals surface area contributed by atoms with Crippen molar-refractivity contribution in [3.05, 3.63) is 17.2 Å². The van der Waals surface area contributed by atoms with Gasteiger partial charge in [-0.05, 0) is 0 Å². The summed E-state index contributed by atoms with van der Waals surface area (Å²) in [7, 11) is 3.01. The number of carbonyl (C=O) groups excluding carboxylic acids is 1. The third-order valence-electron chi connectivity index (χ3n) is 1.78. The number of rotatable bonds is 3. The molecule has 0 aromatic heterocycles. The van der Waals surface area contributed by atoms with Crippen molar-refractivity contribution in [1.29, 1.82) is 0 Å². The predicted molar refractivity (Wildman–Crippen MR) is 58.9 cm³/mol. The number of nitrogens with one attached hydrogen (secondary N) is 1. The molecule has 1 aromatic rings. The van der Waals surface area contributed by atoms with E-state index < -0.39 is 0 Å². The third-order valence-corrected chi connectivity index (χ3v) is 2.08. The van der Waals surface area contributed by atoms with Crippen molar-refractivity contribution in [1.82, 2.24) is 0 Å². The summed E-state index contributed by atoms with van der Waals surface area (Å²) in [6, 6.07) is 3.20. The van der Waals surface area contributed by atoms with E-state index in [-0.39, 0.29) is 5.91 Å². The van der Waals surface area contributed by atoms with E-state index >= 15 is 0 Å². The average molecular weight is 230 g/mol. The van der Waals surface area contributed by atoms with Crippen LogP contribution >= 0.6 is 11.6 Å². The Hall–Kier alpha value is -1.42. The third kappa shape index (κ3) is 2.76. The second kappa shape index (κ2) is 4.89. The molecule has 1 aromatic carbocycles. The molecule has 5 heteroatoms. The molecule has 0 aliphatic heterocycles. The Morgan fingerprint density at radius 3 is 2.33 bits per heavy atom. The molecule has 0 aliphatic carbocycles. The Balaban J connectivity index is 3.16. The first-order valence-electron chi connectivity index (χ1n) is 4.27. The van der Waals surface area contributed by atoms with Crippen LogP contribution in [0.1, 0.15) is 6.92 Å².